The Morgan fingerprint density at radius 1 is 0.929 bits per heavy atom. The Morgan fingerprint density at radius 2 is 1.64 bits per heavy atom. The Hall–Kier alpha value is -3.57. The van der Waals surface area contributed by atoms with Crippen molar-refractivity contribution in [1.29, 1.82) is 0 Å². The SMILES string of the molecule is O=C(Nc1ccccc1Oc1ccccc1)c1cc(-c2ccc(Cl)cc2)on1. The molecule has 3 aromatic carbocycles. The third-order valence-corrected chi connectivity index (χ3v) is 4.23. The molecule has 28 heavy (non-hydrogen) atoms. The Balaban J connectivity index is 1.52. The van der Waals surface area contributed by atoms with Crippen molar-refractivity contribution in [2.75, 3.05) is 5.32 Å². The minimum absolute atomic E-state index is 0.166. The van der Waals surface area contributed by atoms with Gasteiger partial charge in [-0.2, -0.15) is 0 Å². The number of carbonyl (C=O) groups excluding carboxylic acids is 1. The van der Waals surface area contributed by atoms with Crippen molar-refractivity contribution in [3.63, 3.8) is 0 Å². The van der Waals surface area contributed by atoms with Gasteiger partial charge in [0.25, 0.3) is 5.91 Å². The topological polar surface area (TPSA) is 64.4 Å². The van der Waals surface area contributed by atoms with Gasteiger partial charge in [0.15, 0.2) is 17.2 Å². The fraction of sp³-hybridized carbons (Fsp3) is 0. The summed E-state index contributed by atoms with van der Waals surface area (Å²) in [5, 5.41) is 7.30. The van der Waals surface area contributed by atoms with Crippen molar-refractivity contribution in [3.05, 3.63) is 95.6 Å². The number of anilines is 1. The molecule has 1 heterocycles. The molecule has 0 saturated carbocycles. The molecule has 0 radical (unpaired) electrons. The molecule has 6 heteroatoms. The zero-order valence-electron chi connectivity index (χ0n) is 14.6. The van der Waals surface area contributed by atoms with Gasteiger partial charge in [-0.1, -0.05) is 47.1 Å². The normalized spacial score (nSPS) is 10.5. The third kappa shape index (κ3) is 4.05. The number of amides is 1. The molecule has 5 nitrogen and oxygen atoms in total. The van der Waals surface area contributed by atoms with Crippen molar-refractivity contribution in [2.24, 2.45) is 0 Å². The van der Waals surface area contributed by atoms with Crippen molar-refractivity contribution >= 4 is 23.2 Å². The molecular formula is C22H15ClN2O3. The molecule has 4 aromatic rings. The predicted molar refractivity (Wildman–Crippen MR) is 108 cm³/mol. The molecule has 0 saturated heterocycles. The average Bonchev–Trinajstić information content (AvgIpc) is 3.21. The second kappa shape index (κ2) is 7.98. The summed E-state index contributed by atoms with van der Waals surface area (Å²) in [6, 6.07) is 25.2. The molecule has 0 aliphatic rings. The number of halogens is 1. The first kappa shape index (κ1) is 17.8. The lowest BCUT2D eigenvalue weighted by atomic mass is 10.1. The minimum Gasteiger partial charge on any atom is -0.455 e. The molecule has 4 rings (SSSR count). The highest BCUT2D eigenvalue weighted by molar-refractivity contribution is 6.30. The number of rotatable bonds is 5. The fourth-order valence-electron chi connectivity index (χ4n) is 2.59. The van der Waals surface area contributed by atoms with Crippen LogP contribution < -0.4 is 10.1 Å². The summed E-state index contributed by atoms with van der Waals surface area (Å²) >= 11 is 5.90. The molecule has 138 valence electrons. The van der Waals surface area contributed by atoms with Crippen molar-refractivity contribution in [2.45, 2.75) is 0 Å². The van der Waals surface area contributed by atoms with Crippen molar-refractivity contribution in [1.82, 2.24) is 5.16 Å². The molecule has 0 fully saturated rings. The average molecular weight is 391 g/mol. The Morgan fingerprint density at radius 3 is 2.43 bits per heavy atom. The number of para-hydroxylation sites is 3. The number of nitrogens with one attached hydrogen (secondary N) is 1. The van der Waals surface area contributed by atoms with Crippen LogP contribution in [0.1, 0.15) is 10.5 Å². The molecule has 0 spiro atoms. The van der Waals surface area contributed by atoms with Crippen LogP contribution in [0.25, 0.3) is 11.3 Å². The highest BCUT2D eigenvalue weighted by Gasteiger charge is 2.16. The number of ether oxygens (including phenoxy) is 1. The van der Waals surface area contributed by atoms with Gasteiger partial charge >= 0.3 is 0 Å². The van der Waals surface area contributed by atoms with E-state index in [0.717, 1.165) is 5.56 Å². The number of hydrogen-bond acceptors (Lipinski definition) is 4. The van der Waals surface area contributed by atoms with Gasteiger partial charge in [0.2, 0.25) is 0 Å². The van der Waals surface area contributed by atoms with Gasteiger partial charge in [-0.05, 0) is 48.5 Å². The fourth-order valence-corrected chi connectivity index (χ4v) is 2.72. The van der Waals surface area contributed by atoms with Crippen LogP contribution in [0.4, 0.5) is 5.69 Å². The number of aromatic nitrogens is 1. The van der Waals surface area contributed by atoms with E-state index in [-0.39, 0.29) is 5.69 Å². The van der Waals surface area contributed by atoms with E-state index in [0.29, 0.717) is 28.0 Å². The highest BCUT2D eigenvalue weighted by atomic mass is 35.5. The van der Waals surface area contributed by atoms with E-state index in [1.165, 1.54) is 0 Å². The summed E-state index contributed by atoms with van der Waals surface area (Å²) in [7, 11) is 0. The summed E-state index contributed by atoms with van der Waals surface area (Å²) in [5.41, 5.74) is 1.48. The van der Waals surface area contributed by atoms with Crippen LogP contribution in [0.5, 0.6) is 11.5 Å². The number of nitrogens with zero attached hydrogens (tertiary/aromatic N) is 1. The lowest BCUT2D eigenvalue weighted by Gasteiger charge is -2.11. The maximum atomic E-state index is 12.6. The highest BCUT2D eigenvalue weighted by Crippen LogP contribution is 2.30. The first-order chi connectivity index (χ1) is 13.7. The quantitative estimate of drug-likeness (QED) is 0.451. The molecule has 1 aromatic heterocycles. The van der Waals surface area contributed by atoms with E-state index in [4.69, 9.17) is 20.9 Å². The van der Waals surface area contributed by atoms with Crippen molar-refractivity contribution in [3.8, 4) is 22.8 Å². The Labute approximate surface area is 166 Å². The lowest BCUT2D eigenvalue weighted by molar-refractivity contribution is 0.101. The van der Waals surface area contributed by atoms with E-state index >= 15 is 0 Å². The van der Waals surface area contributed by atoms with Gasteiger partial charge in [-0.15, -0.1) is 0 Å². The van der Waals surface area contributed by atoms with Crippen LogP contribution in [-0.2, 0) is 0 Å². The summed E-state index contributed by atoms with van der Waals surface area (Å²) < 4.78 is 11.2. The molecular weight excluding hydrogens is 376 g/mol. The molecule has 0 aliphatic heterocycles. The maximum absolute atomic E-state index is 12.6. The van der Waals surface area contributed by atoms with E-state index in [1.54, 1.807) is 42.5 Å². The summed E-state index contributed by atoms with van der Waals surface area (Å²) in [5.74, 6) is 1.29. The first-order valence-corrected chi connectivity index (χ1v) is 8.93. The zero-order chi connectivity index (χ0) is 19.3. The zero-order valence-corrected chi connectivity index (χ0v) is 15.4. The Kier molecular flexibility index (Phi) is 5.08. The molecule has 1 amide bonds. The molecule has 0 atom stereocenters. The van der Waals surface area contributed by atoms with Gasteiger partial charge in [0.05, 0.1) is 5.69 Å². The van der Waals surface area contributed by atoms with Crippen LogP contribution in [0.15, 0.2) is 89.5 Å². The van der Waals surface area contributed by atoms with Gasteiger partial charge in [-0.25, -0.2) is 0 Å². The second-order valence-electron chi connectivity index (χ2n) is 5.95. The first-order valence-electron chi connectivity index (χ1n) is 8.55. The number of carbonyl (C=O) groups is 1. The lowest BCUT2D eigenvalue weighted by Crippen LogP contribution is -2.12. The number of hydrogen-bond donors (Lipinski definition) is 1. The van der Waals surface area contributed by atoms with Crippen molar-refractivity contribution < 1.29 is 14.1 Å². The van der Waals surface area contributed by atoms with Gasteiger partial charge in [0.1, 0.15) is 5.75 Å². The smallest absolute Gasteiger partial charge is 0.277 e. The summed E-state index contributed by atoms with van der Waals surface area (Å²) in [6.07, 6.45) is 0. The predicted octanol–water partition coefficient (Wildman–Crippen LogP) is 6.04. The molecule has 0 unspecified atom stereocenters. The van der Waals surface area contributed by atoms with Gasteiger partial charge < -0.3 is 14.6 Å². The second-order valence-corrected chi connectivity index (χ2v) is 6.39. The van der Waals surface area contributed by atoms with Crippen LogP contribution >= 0.6 is 11.6 Å². The van der Waals surface area contributed by atoms with Gasteiger partial charge in [-0.3, -0.25) is 4.79 Å². The van der Waals surface area contributed by atoms with E-state index in [2.05, 4.69) is 10.5 Å². The standard InChI is InChI=1S/C22H15ClN2O3/c23-16-12-10-15(11-13-16)21-14-19(25-28-21)22(26)24-18-8-4-5-9-20(18)27-17-6-2-1-3-7-17/h1-14H,(H,24,26). The van der Waals surface area contributed by atoms with E-state index < -0.39 is 5.91 Å². The molecule has 1 N–H and O–H groups in total. The van der Waals surface area contributed by atoms with E-state index in [9.17, 15) is 4.79 Å². The van der Waals surface area contributed by atoms with Gasteiger partial charge in [0, 0.05) is 16.7 Å². The minimum atomic E-state index is -0.395. The third-order valence-electron chi connectivity index (χ3n) is 3.98. The van der Waals surface area contributed by atoms with Crippen LogP contribution in [0.3, 0.4) is 0 Å². The monoisotopic (exact) mass is 390 g/mol. The van der Waals surface area contributed by atoms with Crippen LogP contribution in [0, 0.1) is 0 Å². The largest absolute Gasteiger partial charge is 0.455 e. The summed E-state index contributed by atoms with van der Waals surface area (Å²) in [4.78, 5) is 12.6. The number of benzene rings is 3. The van der Waals surface area contributed by atoms with Crippen LogP contribution in [-0.4, -0.2) is 11.1 Å². The maximum Gasteiger partial charge on any atom is 0.277 e. The summed E-state index contributed by atoms with van der Waals surface area (Å²) in [6.45, 7) is 0. The molecule has 0 bridgehead atoms. The van der Waals surface area contributed by atoms with Crippen LogP contribution in [0.2, 0.25) is 5.02 Å². The Bertz CT molecular complexity index is 1090. The molecule has 0 aliphatic carbocycles. The van der Waals surface area contributed by atoms with E-state index in [1.807, 2.05) is 42.5 Å².